The van der Waals surface area contributed by atoms with E-state index in [1.807, 2.05) is 29.2 Å². The van der Waals surface area contributed by atoms with E-state index in [-0.39, 0.29) is 24.9 Å². The highest BCUT2D eigenvalue weighted by Crippen LogP contribution is 2.56. The standard InChI is InChI=1S/C21H26N2O3S.ClH/c1-25-17-3-2-4-18(11-17)26-14-20(24)23(13-16-5-10-27-15-16)19-12-21(19)6-8-22-9-7-21;/h2-5,10-11,15,19,22H,6-9,12-14H2,1H3;1H. The molecule has 1 aromatic heterocycles. The zero-order chi connectivity index (χ0) is 18.7. The van der Waals surface area contributed by atoms with Crippen LogP contribution < -0.4 is 14.8 Å². The Kier molecular flexibility index (Phi) is 6.86. The lowest BCUT2D eigenvalue weighted by molar-refractivity contribution is -0.135. The number of piperidine rings is 1. The largest absolute Gasteiger partial charge is 0.497 e. The summed E-state index contributed by atoms with van der Waals surface area (Å²) in [4.78, 5) is 15.1. The van der Waals surface area contributed by atoms with E-state index < -0.39 is 0 Å². The van der Waals surface area contributed by atoms with Crippen molar-refractivity contribution in [1.82, 2.24) is 10.2 Å². The number of carbonyl (C=O) groups is 1. The number of carbonyl (C=O) groups excluding carboxylic acids is 1. The summed E-state index contributed by atoms with van der Waals surface area (Å²) in [5.74, 6) is 1.45. The SMILES string of the molecule is COc1cccc(OCC(=O)N(Cc2ccsc2)C2CC23CCNCC3)c1.Cl. The minimum Gasteiger partial charge on any atom is -0.497 e. The van der Waals surface area contributed by atoms with Crippen molar-refractivity contribution in [3.8, 4) is 11.5 Å². The molecule has 2 heterocycles. The van der Waals surface area contributed by atoms with Crippen molar-refractivity contribution >= 4 is 29.7 Å². The predicted molar refractivity (Wildman–Crippen MR) is 114 cm³/mol. The number of benzene rings is 1. The third-order valence-corrected chi connectivity index (χ3v) is 6.51. The van der Waals surface area contributed by atoms with Gasteiger partial charge < -0.3 is 19.7 Å². The number of halogens is 1. The summed E-state index contributed by atoms with van der Waals surface area (Å²) in [6.07, 6.45) is 3.42. The van der Waals surface area contributed by atoms with E-state index in [1.54, 1.807) is 18.4 Å². The van der Waals surface area contributed by atoms with Gasteiger partial charge in [0.15, 0.2) is 6.61 Å². The number of methoxy groups -OCH3 is 1. The highest BCUT2D eigenvalue weighted by Gasteiger charge is 2.57. The summed E-state index contributed by atoms with van der Waals surface area (Å²) in [5, 5.41) is 7.63. The van der Waals surface area contributed by atoms with E-state index in [9.17, 15) is 4.79 Å². The second kappa shape index (κ2) is 9.16. The van der Waals surface area contributed by atoms with Crippen LogP contribution in [-0.4, -0.2) is 43.7 Å². The summed E-state index contributed by atoms with van der Waals surface area (Å²) < 4.78 is 11.0. The van der Waals surface area contributed by atoms with Crippen LogP contribution >= 0.6 is 23.7 Å². The number of amides is 1. The number of thiophene rings is 1. The Labute approximate surface area is 176 Å². The van der Waals surface area contributed by atoms with Gasteiger partial charge in [-0.3, -0.25) is 4.79 Å². The molecular formula is C21H27ClN2O3S. The molecule has 152 valence electrons. The smallest absolute Gasteiger partial charge is 0.261 e. The number of ether oxygens (including phenoxy) is 2. The first-order chi connectivity index (χ1) is 13.2. The molecule has 1 unspecified atom stereocenters. The van der Waals surface area contributed by atoms with Crippen molar-refractivity contribution in [3.63, 3.8) is 0 Å². The van der Waals surface area contributed by atoms with Gasteiger partial charge in [0.1, 0.15) is 11.5 Å². The molecule has 1 atom stereocenters. The Morgan fingerprint density at radius 3 is 2.79 bits per heavy atom. The van der Waals surface area contributed by atoms with Crippen LogP contribution in [0.15, 0.2) is 41.1 Å². The Morgan fingerprint density at radius 2 is 2.07 bits per heavy atom. The van der Waals surface area contributed by atoms with Crippen molar-refractivity contribution in [3.05, 3.63) is 46.7 Å². The summed E-state index contributed by atoms with van der Waals surface area (Å²) in [6.45, 7) is 2.83. The normalized spacial score (nSPS) is 19.5. The zero-order valence-electron chi connectivity index (χ0n) is 16.1. The number of hydrogen-bond donors (Lipinski definition) is 1. The van der Waals surface area contributed by atoms with Crippen molar-refractivity contribution in [2.75, 3.05) is 26.8 Å². The topological polar surface area (TPSA) is 50.8 Å². The summed E-state index contributed by atoms with van der Waals surface area (Å²) in [7, 11) is 1.62. The van der Waals surface area contributed by atoms with Gasteiger partial charge in [-0.15, -0.1) is 12.4 Å². The van der Waals surface area contributed by atoms with Crippen molar-refractivity contribution in [2.45, 2.75) is 31.8 Å². The van der Waals surface area contributed by atoms with Gasteiger partial charge in [-0.2, -0.15) is 11.3 Å². The number of rotatable bonds is 7. The number of nitrogens with zero attached hydrogens (tertiary/aromatic N) is 1. The fourth-order valence-corrected chi connectivity index (χ4v) is 4.76. The average Bonchev–Trinajstić information content (AvgIpc) is 3.13. The highest BCUT2D eigenvalue weighted by molar-refractivity contribution is 7.07. The molecule has 1 N–H and O–H groups in total. The third kappa shape index (κ3) is 4.62. The lowest BCUT2D eigenvalue weighted by Gasteiger charge is -2.29. The van der Waals surface area contributed by atoms with Crippen LogP contribution in [0.25, 0.3) is 0 Å². The second-order valence-corrected chi connectivity index (χ2v) is 8.23. The zero-order valence-corrected chi connectivity index (χ0v) is 17.7. The molecule has 1 aromatic carbocycles. The van der Waals surface area contributed by atoms with E-state index in [0.29, 0.717) is 23.8 Å². The van der Waals surface area contributed by atoms with Crippen LogP contribution in [0.5, 0.6) is 11.5 Å². The van der Waals surface area contributed by atoms with Crippen molar-refractivity contribution < 1.29 is 14.3 Å². The molecule has 2 aromatic rings. The minimum atomic E-state index is 0. The molecule has 2 fully saturated rings. The van der Waals surface area contributed by atoms with Crippen LogP contribution in [0, 0.1) is 5.41 Å². The highest BCUT2D eigenvalue weighted by atomic mass is 35.5. The van der Waals surface area contributed by atoms with Gasteiger partial charge in [0.05, 0.1) is 7.11 Å². The molecule has 7 heteroatoms. The maximum absolute atomic E-state index is 13.1. The van der Waals surface area contributed by atoms with Gasteiger partial charge in [-0.25, -0.2) is 0 Å². The number of nitrogens with one attached hydrogen (secondary N) is 1. The first kappa shape index (κ1) is 21.0. The maximum atomic E-state index is 13.1. The second-order valence-electron chi connectivity index (χ2n) is 7.45. The molecule has 1 amide bonds. The van der Waals surface area contributed by atoms with Crippen molar-refractivity contribution in [2.24, 2.45) is 5.41 Å². The van der Waals surface area contributed by atoms with Gasteiger partial charge >= 0.3 is 0 Å². The predicted octanol–water partition coefficient (Wildman–Crippen LogP) is 3.73. The molecule has 0 radical (unpaired) electrons. The van der Waals surface area contributed by atoms with Gasteiger partial charge in [0.25, 0.3) is 5.91 Å². The van der Waals surface area contributed by atoms with E-state index in [1.165, 1.54) is 5.56 Å². The van der Waals surface area contributed by atoms with Gasteiger partial charge in [0, 0.05) is 18.7 Å². The molecule has 1 aliphatic carbocycles. The summed E-state index contributed by atoms with van der Waals surface area (Å²) in [5.41, 5.74) is 1.51. The first-order valence-corrected chi connectivity index (χ1v) is 10.4. The van der Waals surface area contributed by atoms with E-state index in [2.05, 4.69) is 22.1 Å². The molecule has 2 aliphatic rings. The summed E-state index contributed by atoms with van der Waals surface area (Å²) >= 11 is 1.67. The third-order valence-electron chi connectivity index (χ3n) is 5.78. The molecule has 1 saturated carbocycles. The molecule has 1 spiro atoms. The van der Waals surface area contributed by atoms with Gasteiger partial charge in [-0.1, -0.05) is 6.07 Å². The van der Waals surface area contributed by atoms with E-state index in [4.69, 9.17) is 9.47 Å². The summed E-state index contributed by atoms with van der Waals surface area (Å²) in [6, 6.07) is 9.83. The van der Waals surface area contributed by atoms with Crippen molar-refractivity contribution in [1.29, 1.82) is 0 Å². The van der Waals surface area contributed by atoms with E-state index in [0.717, 1.165) is 38.1 Å². The fraction of sp³-hybridized carbons (Fsp3) is 0.476. The van der Waals surface area contributed by atoms with Gasteiger partial charge in [-0.05, 0) is 72.3 Å². The molecule has 28 heavy (non-hydrogen) atoms. The Bertz CT molecular complexity index is 778. The molecular weight excluding hydrogens is 396 g/mol. The Balaban J connectivity index is 0.00000225. The first-order valence-electron chi connectivity index (χ1n) is 9.48. The van der Waals surface area contributed by atoms with Gasteiger partial charge in [0.2, 0.25) is 0 Å². The lowest BCUT2D eigenvalue weighted by Crippen LogP contribution is -2.41. The average molecular weight is 423 g/mol. The maximum Gasteiger partial charge on any atom is 0.261 e. The number of hydrogen-bond acceptors (Lipinski definition) is 5. The molecule has 4 rings (SSSR count). The molecule has 1 aliphatic heterocycles. The monoisotopic (exact) mass is 422 g/mol. The van der Waals surface area contributed by atoms with E-state index >= 15 is 0 Å². The minimum absolute atomic E-state index is 0. The van der Waals surface area contributed by atoms with Crippen LogP contribution in [0.2, 0.25) is 0 Å². The van der Waals surface area contributed by atoms with Crippen LogP contribution in [0.3, 0.4) is 0 Å². The Morgan fingerprint density at radius 1 is 1.29 bits per heavy atom. The molecule has 5 nitrogen and oxygen atoms in total. The van der Waals surface area contributed by atoms with Crippen LogP contribution in [-0.2, 0) is 11.3 Å². The quantitative estimate of drug-likeness (QED) is 0.738. The van der Waals surface area contributed by atoms with Crippen LogP contribution in [0.4, 0.5) is 0 Å². The van der Waals surface area contributed by atoms with Crippen LogP contribution in [0.1, 0.15) is 24.8 Å². The molecule has 1 saturated heterocycles. The lowest BCUT2D eigenvalue weighted by atomic mass is 9.93. The fourth-order valence-electron chi connectivity index (χ4n) is 4.10. The Hall–Kier alpha value is -1.76. The molecule has 0 bridgehead atoms.